The number of anilines is 2. The van der Waals surface area contributed by atoms with Gasteiger partial charge in [-0.2, -0.15) is 0 Å². The third kappa shape index (κ3) is 4.11. The van der Waals surface area contributed by atoms with Crippen molar-refractivity contribution in [2.75, 3.05) is 11.5 Å². The summed E-state index contributed by atoms with van der Waals surface area (Å²) in [5.74, 6) is 1.57. The first-order valence-electron chi connectivity index (χ1n) is 8.91. The van der Waals surface area contributed by atoms with Crippen LogP contribution in [0, 0.1) is 5.82 Å². The van der Waals surface area contributed by atoms with Crippen molar-refractivity contribution in [1.29, 1.82) is 0 Å². The van der Waals surface area contributed by atoms with Crippen LogP contribution in [0.25, 0.3) is 11.1 Å². The van der Waals surface area contributed by atoms with Crippen molar-refractivity contribution in [3.8, 4) is 34.1 Å². The third-order valence-corrected chi connectivity index (χ3v) is 4.24. The van der Waals surface area contributed by atoms with Crippen LogP contribution < -0.4 is 20.9 Å². The van der Waals surface area contributed by atoms with Gasteiger partial charge in [0.05, 0.1) is 5.56 Å². The number of ether oxygens (including phenoxy) is 2. The number of para-hydroxylation sites is 1. The van der Waals surface area contributed by atoms with Crippen molar-refractivity contribution in [3.63, 3.8) is 0 Å². The Labute approximate surface area is 167 Å². The van der Waals surface area contributed by atoms with Gasteiger partial charge >= 0.3 is 0 Å². The van der Waals surface area contributed by atoms with Crippen LogP contribution in [-0.2, 0) is 0 Å². The molecule has 4 aromatic rings. The highest BCUT2D eigenvalue weighted by atomic mass is 19.1. The minimum Gasteiger partial charge on any atom is -0.457 e. The maximum atomic E-state index is 14.2. The second-order valence-electron chi connectivity index (χ2n) is 6.30. The lowest BCUT2D eigenvalue weighted by atomic mass is 10.1. The number of aromatic nitrogens is 1. The smallest absolute Gasteiger partial charge is 0.167 e. The van der Waals surface area contributed by atoms with Crippen LogP contribution in [0.3, 0.4) is 0 Å². The highest BCUT2D eigenvalue weighted by Crippen LogP contribution is 2.38. The molecule has 29 heavy (non-hydrogen) atoms. The molecule has 0 fully saturated rings. The molecule has 5 nitrogen and oxygen atoms in total. The van der Waals surface area contributed by atoms with Crippen molar-refractivity contribution in [2.24, 2.45) is 0 Å². The van der Waals surface area contributed by atoms with Crippen molar-refractivity contribution in [3.05, 3.63) is 90.9 Å². The second kappa shape index (κ2) is 7.90. The summed E-state index contributed by atoms with van der Waals surface area (Å²) >= 11 is 0. The molecule has 6 heteroatoms. The lowest BCUT2D eigenvalue weighted by Crippen LogP contribution is -1.98. The Morgan fingerprint density at radius 1 is 0.724 bits per heavy atom. The largest absolute Gasteiger partial charge is 0.457 e. The van der Waals surface area contributed by atoms with Gasteiger partial charge in [-0.1, -0.05) is 30.3 Å². The topological polar surface area (TPSA) is 83.4 Å². The summed E-state index contributed by atoms with van der Waals surface area (Å²) < 4.78 is 25.7. The summed E-state index contributed by atoms with van der Waals surface area (Å²) in [7, 11) is 0. The Bertz CT molecular complexity index is 1130. The molecule has 1 heterocycles. The van der Waals surface area contributed by atoms with E-state index in [2.05, 4.69) is 4.98 Å². The summed E-state index contributed by atoms with van der Waals surface area (Å²) in [5, 5.41) is 0. The van der Waals surface area contributed by atoms with Gasteiger partial charge in [0.2, 0.25) is 0 Å². The molecule has 1 aromatic heterocycles. The predicted molar refractivity (Wildman–Crippen MR) is 111 cm³/mol. The van der Waals surface area contributed by atoms with Crippen molar-refractivity contribution < 1.29 is 13.9 Å². The monoisotopic (exact) mass is 387 g/mol. The van der Waals surface area contributed by atoms with Crippen LogP contribution in [0.5, 0.6) is 23.0 Å². The highest BCUT2D eigenvalue weighted by molar-refractivity contribution is 5.80. The number of hydrogen-bond acceptors (Lipinski definition) is 5. The number of nitrogens with two attached hydrogens (primary N) is 2. The van der Waals surface area contributed by atoms with E-state index in [4.69, 9.17) is 20.9 Å². The zero-order valence-electron chi connectivity index (χ0n) is 15.4. The Kier molecular flexibility index (Phi) is 4.99. The molecule has 0 atom stereocenters. The van der Waals surface area contributed by atoms with E-state index in [0.717, 1.165) is 11.3 Å². The maximum absolute atomic E-state index is 14.2. The summed E-state index contributed by atoms with van der Waals surface area (Å²) in [5.41, 5.74) is 13.3. The summed E-state index contributed by atoms with van der Waals surface area (Å²) in [6.07, 6.45) is 1.51. The molecule has 0 aliphatic carbocycles. The molecule has 0 radical (unpaired) electrons. The van der Waals surface area contributed by atoms with Gasteiger partial charge in [-0.15, -0.1) is 0 Å². The second-order valence-corrected chi connectivity index (χ2v) is 6.30. The zero-order valence-corrected chi connectivity index (χ0v) is 15.4. The number of halogens is 1. The molecule has 0 aliphatic rings. The summed E-state index contributed by atoms with van der Waals surface area (Å²) in [4.78, 5) is 4.14. The fourth-order valence-electron chi connectivity index (χ4n) is 2.87. The van der Waals surface area contributed by atoms with E-state index in [-0.39, 0.29) is 11.6 Å². The molecule has 144 valence electrons. The van der Waals surface area contributed by atoms with E-state index >= 15 is 0 Å². The molecule has 0 unspecified atom stereocenters. The van der Waals surface area contributed by atoms with E-state index in [1.807, 2.05) is 54.6 Å². The van der Waals surface area contributed by atoms with Crippen LogP contribution in [0.15, 0.2) is 85.1 Å². The molecule has 4 rings (SSSR count). The Morgan fingerprint density at radius 3 is 2.17 bits per heavy atom. The van der Waals surface area contributed by atoms with Crippen LogP contribution in [0.2, 0.25) is 0 Å². The fourth-order valence-corrected chi connectivity index (χ4v) is 2.87. The van der Waals surface area contributed by atoms with Gasteiger partial charge in [-0.25, -0.2) is 9.37 Å². The van der Waals surface area contributed by atoms with Crippen molar-refractivity contribution in [1.82, 2.24) is 4.98 Å². The minimum absolute atomic E-state index is 0.0510. The van der Waals surface area contributed by atoms with Gasteiger partial charge in [-0.05, 0) is 48.0 Å². The van der Waals surface area contributed by atoms with E-state index < -0.39 is 5.82 Å². The average molecular weight is 387 g/mol. The normalized spacial score (nSPS) is 10.5. The lowest BCUT2D eigenvalue weighted by molar-refractivity contribution is 0.443. The van der Waals surface area contributed by atoms with E-state index in [9.17, 15) is 4.39 Å². The molecule has 0 saturated heterocycles. The number of benzene rings is 3. The Morgan fingerprint density at radius 2 is 1.45 bits per heavy atom. The van der Waals surface area contributed by atoms with E-state index in [0.29, 0.717) is 22.7 Å². The molecule has 4 N–H and O–H groups in total. The molecular formula is C23H18FN3O2. The molecule has 0 aliphatic heterocycles. The first kappa shape index (κ1) is 18.3. The fraction of sp³-hybridized carbons (Fsp3) is 0. The van der Waals surface area contributed by atoms with Crippen LogP contribution in [0.1, 0.15) is 0 Å². The SMILES string of the molecule is Nc1ccc(Oc2ccnc(N)c2-c2ccc(Oc3ccccc3)cc2)c(F)c1. The Hall–Kier alpha value is -4.06. The molecule has 0 saturated carbocycles. The van der Waals surface area contributed by atoms with Gasteiger partial charge in [0.15, 0.2) is 11.6 Å². The van der Waals surface area contributed by atoms with E-state index in [1.165, 1.54) is 18.3 Å². The zero-order chi connectivity index (χ0) is 20.2. The van der Waals surface area contributed by atoms with E-state index in [1.54, 1.807) is 12.1 Å². The molecule has 3 aromatic carbocycles. The van der Waals surface area contributed by atoms with Gasteiger partial charge in [0.25, 0.3) is 0 Å². The van der Waals surface area contributed by atoms with Crippen LogP contribution in [0.4, 0.5) is 15.9 Å². The van der Waals surface area contributed by atoms with Crippen LogP contribution in [-0.4, -0.2) is 4.98 Å². The highest BCUT2D eigenvalue weighted by Gasteiger charge is 2.14. The maximum Gasteiger partial charge on any atom is 0.167 e. The molecular weight excluding hydrogens is 369 g/mol. The molecule has 0 amide bonds. The number of nitrogen functional groups attached to an aromatic ring is 2. The molecule has 0 bridgehead atoms. The minimum atomic E-state index is -0.557. The summed E-state index contributed by atoms with van der Waals surface area (Å²) in [6, 6.07) is 22.7. The average Bonchev–Trinajstić information content (AvgIpc) is 2.72. The Balaban J connectivity index is 1.64. The first-order valence-corrected chi connectivity index (χ1v) is 8.91. The predicted octanol–water partition coefficient (Wildman–Crippen LogP) is 5.64. The first-order chi connectivity index (χ1) is 14.1. The van der Waals surface area contributed by atoms with Gasteiger partial charge < -0.3 is 20.9 Å². The van der Waals surface area contributed by atoms with Crippen molar-refractivity contribution >= 4 is 11.5 Å². The number of hydrogen-bond donors (Lipinski definition) is 2. The van der Waals surface area contributed by atoms with Gasteiger partial charge in [0, 0.05) is 18.0 Å². The quantitative estimate of drug-likeness (QED) is 0.433. The third-order valence-electron chi connectivity index (χ3n) is 4.24. The lowest BCUT2D eigenvalue weighted by Gasteiger charge is -2.14. The number of nitrogens with zero attached hydrogens (tertiary/aromatic N) is 1. The standard InChI is InChI=1S/C23H18FN3O2/c24-19-14-16(25)8-11-20(19)29-21-12-13-27-23(26)22(21)15-6-9-18(10-7-15)28-17-4-2-1-3-5-17/h1-14H,25H2,(H2,26,27). The number of rotatable bonds is 5. The van der Waals surface area contributed by atoms with Crippen LogP contribution >= 0.6 is 0 Å². The van der Waals surface area contributed by atoms with Gasteiger partial charge in [0.1, 0.15) is 23.1 Å². The van der Waals surface area contributed by atoms with Gasteiger partial charge in [-0.3, -0.25) is 0 Å². The summed E-state index contributed by atoms with van der Waals surface area (Å²) in [6.45, 7) is 0. The van der Waals surface area contributed by atoms with Crippen molar-refractivity contribution in [2.45, 2.75) is 0 Å². The number of pyridine rings is 1. The molecule has 0 spiro atoms.